The molecule has 0 aliphatic rings. The molecule has 0 aliphatic carbocycles. The number of aryl methyl sites for hydroxylation is 1. The van der Waals surface area contributed by atoms with E-state index in [2.05, 4.69) is 4.98 Å². The van der Waals surface area contributed by atoms with E-state index in [1.54, 1.807) is 0 Å². The van der Waals surface area contributed by atoms with Gasteiger partial charge in [-0.15, -0.1) is 0 Å². The highest BCUT2D eigenvalue weighted by atomic mass is 16.4. The molecule has 66 valence electrons. The van der Waals surface area contributed by atoms with Crippen molar-refractivity contribution >= 4 is 0 Å². The average molecular weight is 175 g/mol. The van der Waals surface area contributed by atoms with E-state index < -0.39 is 0 Å². The number of oxazole rings is 1. The Morgan fingerprint density at radius 3 is 2.46 bits per heavy atom. The molecular formula is C10H9NO2. The number of benzene rings is 1. The number of aromatic nitrogens is 1. The number of hydrogen-bond acceptors (Lipinski definition) is 3. The molecule has 0 aliphatic heterocycles. The molecule has 0 spiro atoms. The maximum Gasteiger partial charge on any atom is 0.250 e. The van der Waals surface area contributed by atoms with Crippen LogP contribution in [0.5, 0.6) is 5.88 Å². The third-order valence-electron chi connectivity index (χ3n) is 1.79. The standard InChI is InChI=1S/C10H9NO2/c1-7-2-4-8(5-3-7)10-11-9(12)6-13-10/h2-6,12H,1H3. The first kappa shape index (κ1) is 7.86. The van der Waals surface area contributed by atoms with E-state index in [4.69, 9.17) is 9.52 Å². The van der Waals surface area contributed by atoms with Crippen molar-refractivity contribution in [3.8, 4) is 17.3 Å². The van der Waals surface area contributed by atoms with Crippen LogP contribution in [0.2, 0.25) is 0 Å². The van der Waals surface area contributed by atoms with Crippen molar-refractivity contribution in [1.82, 2.24) is 4.98 Å². The molecule has 2 rings (SSSR count). The zero-order chi connectivity index (χ0) is 9.26. The molecule has 0 unspecified atom stereocenters. The predicted octanol–water partition coefficient (Wildman–Crippen LogP) is 2.36. The topological polar surface area (TPSA) is 46.3 Å². The average Bonchev–Trinajstić information content (AvgIpc) is 2.53. The van der Waals surface area contributed by atoms with Gasteiger partial charge in [0.15, 0.2) is 6.26 Å². The molecule has 0 saturated heterocycles. The lowest BCUT2D eigenvalue weighted by molar-refractivity contribution is 0.448. The van der Waals surface area contributed by atoms with Gasteiger partial charge in [0.05, 0.1) is 0 Å². The smallest absolute Gasteiger partial charge is 0.250 e. The van der Waals surface area contributed by atoms with Crippen LogP contribution in [-0.2, 0) is 0 Å². The summed E-state index contributed by atoms with van der Waals surface area (Å²) in [4.78, 5) is 3.80. The van der Waals surface area contributed by atoms with Gasteiger partial charge in [0.2, 0.25) is 5.89 Å². The second-order valence-corrected chi connectivity index (χ2v) is 2.88. The quantitative estimate of drug-likeness (QED) is 0.723. The number of hydrogen-bond donors (Lipinski definition) is 1. The lowest BCUT2D eigenvalue weighted by Gasteiger charge is -1.94. The Labute approximate surface area is 75.7 Å². The maximum atomic E-state index is 8.96. The fourth-order valence-corrected chi connectivity index (χ4v) is 1.09. The summed E-state index contributed by atoms with van der Waals surface area (Å²) < 4.78 is 5.03. The Kier molecular flexibility index (Phi) is 1.77. The molecule has 3 heteroatoms. The van der Waals surface area contributed by atoms with E-state index in [9.17, 15) is 0 Å². The normalized spacial score (nSPS) is 10.2. The summed E-state index contributed by atoms with van der Waals surface area (Å²) in [5.74, 6) is 0.355. The molecule has 0 saturated carbocycles. The molecule has 13 heavy (non-hydrogen) atoms. The lowest BCUT2D eigenvalue weighted by atomic mass is 10.1. The number of nitrogens with zero attached hydrogens (tertiary/aromatic N) is 1. The van der Waals surface area contributed by atoms with Crippen LogP contribution in [0.1, 0.15) is 5.56 Å². The molecule has 1 aromatic heterocycles. The second-order valence-electron chi connectivity index (χ2n) is 2.88. The van der Waals surface area contributed by atoms with Crippen molar-refractivity contribution in [1.29, 1.82) is 0 Å². The van der Waals surface area contributed by atoms with Crippen molar-refractivity contribution in [2.45, 2.75) is 6.92 Å². The maximum absolute atomic E-state index is 8.96. The minimum Gasteiger partial charge on any atom is -0.491 e. The van der Waals surface area contributed by atoms with E-state index in [0.29, 0.717) is 5.89 Å². The summed E-state index contributed by atoms with van der Waals surface area (Å²) in [6.45, 7) is 2.01. The van der Waals surface area contributed by atoms with Gasteiger partial charge >= 0.3 is 0 Å². The van der Waals surface area contributed by atoms with E-state index in [-0.39, 0.29) is 5.88 Å². The van der Waals surface area contributed by atoms with Gasteiger partial charge in [0.1, 0.15) is 0 Å². The Morgan fingerprint density at radius 2 is 1.92 bits per heavy atom. The Hall–Kier alpha value is -1.77. The van der Waals surface area contributed by atoms with Gasteiger partial charge in [-0.1, -0.05) is 17.7 Å². The van der Waals surface area contributed by atoms with Gasteiger partial charge < -0.3 is 9.52 Å². The van der Waals surface area contributed by atoms with E-state index in [1.165, 1.54) is 11.8 Å². The van der Waals surface area contributed by atoms with Crippen LogP contribution in [0, 0.1) is 6.92 Å². The Morgan fingerprint density at radius 1 is 1.23 bits per heavy atom. The second kappa shape index (κ2) is 2.94. The highest BCUT2D eigenvalue weighted by Gasteiger charge is 2.04. The van der Waals surface area contributed by atoms with Crippen molar-refractivity contribution in [2.75, 3.05) is 0 Å². The van der Waals surface area contributed by atoms with Gasteiger partial charge in [-0.2, -0.15) is 4.98 Å². The number of aromatic hydroxyl groups is 1. The van der Waals surface area contributed by atoms with Crippen LogP contribution in [-0.4, -0.2) is 10.1 Å². The molecule has 1 N–H and O–H groups in total. The molecule has 3 nitrogen and oxygen atoms in total. The van der Waals surface area contributed by atoms with Gasteiger partial charge in [0, 0.05) is 5.56 Å². The molecule has 0 fully saturated rings. The first-order valence-electron chi connectivity index (χ1n) is 3.97. The summed E-state index contributed by atoms with van der Waals surface area (Å²) in [6, 6.07) is 7.74. The Balaban J connectivity index is 2.41. The van der Waals surface area contributed by atoms with Crippen molar-refractivity contribution in [2.24, 2.45) is 0 Å². The fraction of sp³-hybridized carbons (Fsp3) is 0.100. The third-order valence-corrected chi connectivity index (χ3v) is 1.79. The molecular weight excluding hydrogens is 166 g/mol. The van der Waals surface area contributed by atoms with Gasteiger partial charge in [0.25, 0.3) is 5.88 Å². The summed E-state index contributed by atoms with van der Waals surface area (Å²) in [7, 11) is 0. The minimum absolute atomic E-state index is 0.0874. The first-order chi connectivity index (χ1) is 6.25. The van der Waals surface area contributed by atoms with E-state index >= 15 is 0 Å². The van der Waals surface area contributed by atoms with E-state index in [0.717, 1.165) is 5.56 Å². The van der Waals surface area contributed by atoms with Gasteiger partial charge in [-0.25, -0.2) is 0 Å². The SMILES string of the molecule is Cc1ccc(-c2nc(O)co2)cc1. The summed E-state index contributed by atoms with van der Waals surface area (Å²) in [5.41, 5.74) is 2.05. The highest BCUT2D eigenvalue weighted by molar-refractivity contribution is 5.53. The van der Waals surface area contributed by atoms with Gasteiger partial charge in [-0.05, 0) is 19.1 Å². The molecule has 1 aromatic carbocycles. The van der Waals surface area contributed by atoms with Gasteiger partial charge in [-0.3, -0.25) is 0 Å². The van der Waals surface area contributed by atoms with Crippen LogP contribution in [0.15, 0.2) is 34.9 Å². The molecule has 0 radical (unpaired) electrons. The minimum atomic E-state index is -0.0874. The van der Waals surface area contributed by atoms with Crippen LogP contribution in [0.3, 0.4) is 0 Å². The zero-order valence-electron chi connectivity index (χ0n) is 7.19. The van der Waals surface area contributed by atoms with Crippen LogP contribution < -0.4 is 0 Å². The summed E-state index contributed by atoms with van der Waals surface area (Å²) in [5, 5.41) is 8.96. The zero-order valence-corrected chi connectivity index (χ0v) is 7.19. The fourth-order valence-electron chi connectivity index (χ4n) is 1.09. The third kappa shape index (κ3) is 1.54. The van der Waals surface area contributed by atoms with E-state index in [1.807, 2.05) is 31.2 Å². The number of rotatable bonds is 1. The van der Waals surface area contributed by atoms with Crippen molar-refractivity contribution in [3.05, 3.63) is 36.1 Å². The molecule has 2 aromatic rings. The largest absolute Gasteiger partial charge is 0.491 e. The highest BCUT2D eigenvalue weighted by Crippen LogP contribution is 2.20. The van der Waals surface area contributed by atoms with Crippen LogP contribution in [0.25, 0.3) is 11.5 Å². The van der Waals surface area contributed by atoms with Crippen LogP contribution in [0.4, 0.5) is 0 Å². The molecule has 0 atom stereocenters. The lowest BCUT2D eigenvalue weighted by Crippen LogP contribution is -1.77. The molecule has 1 heterocycles. The molecule has 0 amide bonds. The molecule has 0 bridgehead atoms. The van der Waals surface area contributed by atoms with Crippen LogP contribution >= 0.6 is 0 Å². The van der Waals surface area contributed by atoms with Crippen molar-refractivity contribution < 1.29 is 9.52 Å². The Bertz CT molecular complexity index is 403. The monoisotopic (exact) mass is 175 g/mol. The predicted molar refractivity (Wildman–Crippen MR) is 48.3 cm³/mol. The van der Waals surface area contributed by atoms with Crippen molar-refractivity contribution in [3.63, 3.8) is 0 Å². The summed E-state index contributed by atoms with van der Waals surface area (Å²) in [6.07, 6.45) is 1.22. The first-order valence-corrected chi connectivity index (χ1v) is 3.97. The summed E-state index contributed by atoms with van der Waals surface area (Å²) >= 11 is 0.